The van der Waals surface area contributed by atoms with Crippen LogP contribution in [-0.4, -0.2) is 51.6 Å². The molecule has 0 radical (unpaired) electrons. The predicted octanol–water partition coefficient (Wildman–Crippen LogP) is 5.31. The molecule has 0 heterocycles. The lowest BCUT2D eigenvalue weighted by Gasteiger charge is -2.43. The van der Waals surface area contributed by atoms with E-state index in [0.29, 0.717) is 18.5 Å². The summed E-state index contributed by atoms with van der Waals surface area (Å²) in [6.07, 6.45) is 2.55. The van der Waals surface area contributed by atoms with E-state index in [2.05, 4.69) is 17.6 Å². The Balaban J connectivity index is 3.46. The Labute approximate surface area is 217 Å². The van der Waals surface area contributed by atoms with Crippen LogP contribution in [0.15, 0.2) is 24.3 Å². The molecular weight excluding hydrogens is 458 g/mol. The van der Waals surface area contributed by atoms with Gasteiger partial charge in [0, 0.05) is 12.1 Å². The number of ether oxygens (including phenoxy) is 1. The van der Waals surface area contributed by atoms with Crippen molar-refractivity contribution in [1.29, 1.82) is 0 Å². The summed E-state index contributed by atoms with van der Waals surface area (Å²) in [6.45, 7) is 17.4. The first-order valence-corrected chi connectivity index (χ1v) is 13.0. The number of aromatic hydroxyl groups is 1. The second-order valence-corrected chi connectivity index (χ2v) is 11.7. The highest BCUT2D eigenvalue weighted by Gasteiger charge is 2.42. The van der Waals surface area contributed by atoms with Crippen LogP contribution in [0.4, 0.5) is 4.79 Å². The minimum Gasteiger partial charge on any atom is -0.508 e. The molecule has 1 aromatic carbocycles. The van der Waals surface area contributed by atoms with E-state index in [1.807, 2.05) is 34.6 Å². The maximum absolute atomic E-state index is 14.1. The van der Waals surface area contributed by atoms with E-state index in [4.69, 9.17) is 4.74 Å². The van der Waals surface area contributed by atoms with E-state index < -0.39 is 29.3 Å². The highest BCUT2D eigenvalue weighted by molar-refractivity contribution is 5.92. The number of benzene rings is 1. The van der Waals surface area contributed by atoms with Gasteiger partial charge in [0.25, 0.3) is 0 Å². The van der Waals surface area contributed by atoms with Crippen LogP contribution in [0, 0.1) is 5.92 Å². The van der Waals surface area contributed by atoms with Crippen LogP contribution in [-0.2, 0) is 14.3 Å². The van der Waals surface area contributed by atoms with Crippen molar-refractivity contribution in [3.05, 3.63) is 29.8 Å². The molecule has 0 saturated heterocycles. The zero-order valence-corrected chi connectivity index (χ0v) is 23.6. The van der Waals surface area contributed by atoms with Crippen LogP contribution in [0.2, 0.25) is 0 Å². The Bertz CT molecular complexity index is 853. The average Bonchev–Trinajstić information content (AvgIpc) is 2.72. The van der Waals surface area contributed by atoms with Gasteiger partial charge in [-0.15, -0.1) is 0 Å². The van der Waals surface area contributed by atoms with Gasteiger partial charge in [-0.3, -0.25) is 9.59 Å². The van der Waals surface area contributed by atoms with Crippen LogP contribution in [0.1, 0.15) is 99.6 Å². The number of unbranched alkanes of at least 4 members (excludes halogenated alkanes) is 2. The van der Waals surface area contributed by atoms with Crippen molar-refractivity contribution in [2.24, 2.45) is 5.92 Å². The average molecular weight is 506 g/mol. The molecule has 1 aromatic rings. The number of carbonyl (C=O) groups is 3. The second-order valence-electron chi connectivity index (χ2n) is 11.7. The monoisotopic (exact) mass is 505 g/mol. The van der Waals surface area contributed by atoms with Gasteiger partial charge in [0.2, 0.25) is 11.8 Å². The summed E-state index contributed by atoms with van der Waals surface area (Å²) in [4.78, 5) is 41.8. The molecule has 0 spiro atoms. The highest BCUT2D eigenvalue weighted by atomic mass is 16.6. The van der Waals surface area contributed by atoms with Gasteiger partial charge in [0.05, 0.1) is 0 Å². The number of carbonyl (C=O) groups excluding carboxylic acids is 3. The number of phenolic OH excluding ortho intramolecular Hbond substituents is 1. The highest BCUT2D eigenvalue weighted by Crippen LogP contribution is 2.31. The molecule has 1 rings (SSSR count). The summed E-state index contributed by atoms with van der Waals surface area (Å²) in [6, 6.07) is 4.47. The normalized spacial score (nSPS) is 13.6. The number of alkyl carbamates (subject to hydrolysis) is 1. The second kappa shape index (κ2) is 13.5. The molecule has 0 aliphatic rings. The third-order valence-electron chi connectivity index (χ3n) is 5.45. The molecule has 0 aliphatic carbocycles. The van der Waals surface area contributed by atoms with Crippen molar-refractivity contribution in [2.45, 2.75) is 111 Å². The zero-order valence-electron chi connectivity index (χ0n) is 23.6. The van der Waals surface area contributed by atoms with Gasteiger partial charge in [0.1, 0.15) is 23.4 Å². The maximum atomic E-state index is 14.1. The Morgan fingerprint density at radius 3 is 2.06 bits per heavy atom. The smallest absolute Gasteiger partial charge is 0.408 e. The first-order valence-electron chi connectivity index (χ1n) is 13.0. The number of phenols is 1. The van der Waals surface area contributed by atoms with Crippen LogP contribution in [0.25, 0.3) is 0 Å². The summed E-state index contributed by atoms with van der Waals surface area (Å²) in [5.74, 6) is -0.506. The molecule has 8 nitrogen and oxygen atoms in total. The molecule has 8 heteroatoms. The number of hydrogen-bond acceptors (Lipinski definition) is 5. The Morgan fingerprint density at radius 2 is 1.58 bits per heavy atom. The van der Waals surface area contributed by atoms with Crippen molar-refractivity contribution >= 4 is 17.9 Å². The lowest BCUT2D eigenvalue weighted by atomic mass is 9.93. The molecule has 3 N–H and O–H groups in total. The van der Waals surface area contributed by atoms with Crippen molar-refractivity contribution in [2.75, 3.05) is 6.54 Å². The van der Waals surface area contributed by atoms with Gasteiger partial charge in [-0.1, -0.05) is 45.7 Å². The van der Waals surface area contributed by atoms with Gasteiger partial charge in [-0.2, -0.15) is 0 Å². The van der Waals surface area contributed by atoms with Crippen LogP contribution in [0.3, 0.4) is 0 Å². The lowest BCUT2D eigenvalue weighted by molar-refractivity contribution is -0.148. The molecule has 204 valence electrons. The van der Waals surface area contributed by atoms with Gasteiger partial charge >= 0.3 is 6.09 Å². The number of nitrogens with one attached hydrogen (secondary N) is 2. The molecule has 0 fully saturated rings. The summed E-state index contributed by atoms with van der Waals surface area (Å²) in [7, 11) is 0. The Morgan fingerprint density at radius 1 is 1.00 bits per heavy atom. The fourth-order valence-corrected chi connectivity index (χ4v) is 3.91. The molecule has 0 aliphatic heterocycles. The molecule has 0 saturated carbocycles. The first-order chi connectivity index (χ1) is 16.6. The van der Waals surface area contributed by atoms with Gasteiger partial charge < -0.3 is 25.4 Å². The van der Waals surface area contributed by atoms with E-state index in [1.165, 1.54) is 12.1 Å². The van der Waals surface area contributed by atoms with Crippen molar-refractivity contribution in [3.8, 4) is 5.75 Å². The molecular formula is C28H47N3O5. The summed E-state index contributed by atoms with van der Waals surface area (Å²) >= 11 is 0. The minimum absolute atomic E-state index is 0.0683. The number of nitrogens with zero attached hydrogens (tertiary/aromatic N) is 1. The third-order valence-corrected chi connectivity index (χ3v) is 5.45. The summed E-state index contributed by atoms with van der Waals surface area (Å²) in [5.41, 5.74) is -0.901. The van der Waals surface area contributed by atoms with E-state index in [-0.39, 0.29) is 23.5 Å². The van der Waals surface area contributed by atoms with Gasteiger partial charge in [0.15, 0.2) is 0 Å². The maximum Gasteiger partial charge on any atom is 0.408 e. The van der Waals surface area contributed by atoms with Crippen molar-refractivity contribution in [1.82, 2.24) is 15.5 Å². The molecule has 2 unspecified atom stereocenters. The van der Waals surface area contributed by atoms with E-state index in [1.54, 1.807) is 37.8 Å². The number of hydrogen-bond donors (Lipinski definition) is 3. The molecule has 3 amide bonds. The summed E-state index contributed by atoms with van der Waals surface area (Å²) < 4.78 is 5.42. The van der Waals surface area contributed by atoms with Crippen LogP contribution in [0.5, 0.6) is 5.75 Å². The zero-order chi connectivity index (χ0) is 27.7. The first kappa shape index (κ1) is 31.3. The Hall–Kier alpha value is -2.77. The van der Waals surface area contributed by atoms with E-state index >= 15 is 0 Å². The molecule has 0 bridgehead atoms. The fourth-order valence-electron chi connectivity index (χ4n) is 3.91. The largest absolute Gasteiger partial charge is 0.508 e. The minimum atomic E-state index is -0.949. The number of rotatable bonds is 11. The lowest BCUT2D eigenvalue weighted by Crippen LogP contribution is -2.58. The predicted molar refractivity (Wildman–Crippen MR) is 143 cm³/mol. The SMILES string of the molecule is CCCCCNC(=O)C(c1ccc(O)cc1)N(C(=O)C(CC(C)C)NC(=O)OC(C)(C)C)C(C)(C)C. The molecule has 2 atom stereocenters. The third kappa shape index (κ3) is 10.5. The topological polar surface area (TPSA) is 108 Å². The Kier molecular flexibility index (Phi) is 11.7. The molecule has 0 aromatic heterocycles. The standard InChI is InChI=1S/C28H47N3O5/c1-10-11-12-17-29-24(33)23(20-13-15-21(32)16-14-20)31(27(4,5)6)25(34)22(18-19(2)3)30-26(35)36-28(7,8)9/h13-16,19,22-23,32H,10-12,17-18H2,1-9H3,(H,29,33)(H,30,35). The van der Waals surface area contributed by atoms with Gasteiger partial charge in [-0.25, -0.2) is 4.79 Å². The van der Waals surface area contributed by atoms with Crippen LogP contribution < -0.4 is 10.6 Å². The van der Waals surface area contributed by atoms with Crippen molar-refractivity contribution < 1.29 is 24.2 Å². The van der Waals surface area contributed by atoms with Gasteiger partial charge in [-0.05, 0) is 78.0 Å². The summed E-state index contributed by atoms with van der Waals surface area (Å²) in [5, 5.41) is 15.6. The van der Waals surface area contributed by atoms with E-state index in [9.17, 15) is 19.5 Å². The molecule has 36 heavy (non-hydrogen) atoms. The van der Waals surface area contributed by atoms with E-state index in [0.717, 1.165) is 19.3 Å². The number of amides is 3. The fraction of sp³-hybridized carbons (Fsp3) is 0.679. The quantitative estimate of drug-likeness (QED) is 0.353. The van der Waals surface area contributed by atoms with Crippen molar-refractivity contribution in [3.63, 3.8) is 0 Å². The van der Waals surface area contributed by atoms with Crippen LogP contribution >= 0.6 is 0 Å².